The molecule has 1 heterocycles. The van der Waals surface area contributed by atoms with Crippen molar-refractivity contribution in [2.75, 3.05) is 20.6 Å². The smallest absolute Gasteiger partial charge is 0.423 e. The molecule has 0 aliphatic carbocycles. The molecule has 3 aromatic rings. The van der Waals surface area contributed by atoms with Crippen LogP contribution in [0.1, 0.15) is 22.6 Å². The van der Waals surface area contributed by atoms with E-state index in [9.17, 15) is 14.8 Å². The van der Waals surface area contributed by atoms with Crippen molar-refractivity contribution in [1.82, 2.24) is 9.88 Å². The van der Waals surface area contributed by atoms with Gasteiger partial charge in [0.15, 0.2) is 0 Å². The second-order valence-electron chi connectivity index (χ2n) is 7.52. The highest BCUT2D eigenvalue weighted by molar-refractivity contribution is 6.59. The number of aromatic nitrogens is 1. The third kappa shape index (κ3) is 4.89. The van der Waals surface area contributed by atoms with E-state index in [4.69, 9.17) is 5.73 Å². The normalized spacial score (nSPS) is 12.3. The van der Waals surface area contributed by atoms with E-state index in [1.807, 2.05) is 49.3 Å². The molecule has 0 aliphatic heterocycles. The minimum Gasteiger partial charge on any atom is -0.423 e. The molecule has 3 rings (SSSR count). The molecule has 6 nitrogen and oxygen atoms in total. The fourth-order valence-electron chi connectivity index (χ4n) is 3.69. The van der Waals surface area contributed by atoms with Crippen molar-refractivity contribution < 1.29 is 14.8 Å². The summed E-state index contributed by atoms with van der Waals surface area (Å²) in [4.78, 5) is 19.2. The van der Waals surface area contributed by atoms with E-state index in [1.165, 1.54) is 0 Å². The molecule has 0 bridgehead atoms. The van der Waals surface area contributed by atoms with E-state index in [1.54, 1.807) is 24.5 Å². The molecule has 0 spiro atoms. The van der Waals surface area contributed by atoms with E-state index in [0.717, 1.165) is 27.5 Å². The average Bonchev–Trinajstić information content (AvgIpc) is 2.69. The van der Waals surface area contributed by atoms with E-state index >= 15 is 0 Å². The maximum atomic E-state index is 13.2. The summed E-state index contributed by atoms with van der Waals surface area (Å²) in [5.74, 6) is -0.512. The van der Waals surface area contributed by atoms with Gasteiger partial charge in [0, 0.05) is 37.3 Å². The van der Waals surface area contributed by atoms with E-state index in [2.05, 4.69) is 4.98 Å². The topological polar surface area (TPSA) is 99.7 Å². The van der Waals surface area contributed by atoms with Crippen molar-refractivity contribution in [2.24, 2.45) is 5.73 Å². The summed E-state index contributed by atoms with van der Waals surface area (Å²) < 4.78 is 0. The number of nitrogens with zero attached hydrogens (tertiary/aromatic N) is 2. The molecule has 0 saturated carbocycles. The van der Waals surface area contributed by atoms with Crippen LogP contribution in [0.3, 0.4) is 0 Å². The van der Waals surface area contributed by atoms with Crippen LogP contribution in [0.15, 0.2) is 54.9 Å². The zero-order valence-electron chi connectivity index (χ0n) is 16.7. The third-order valence-corrected chi connectivity index (χ3v) is 5.08. The molecule has 0 aliphatic rings. The molecule has 0 unspecified atom stereocenters. The quantitative estimate of drug-likeness (QED) is 0.492. The van der Waals surface area contributed by atoms with Crippen LogP contribution in [0, 0.1) is 0 Å². The summed E-state index contributed by atoms with van der Waals surface area (Å²) in [5.41, 5.74) is 8.82. The second-order valence-corrected chi connectivity index (χ2v) is 7.52. The fraction of sp³-hybridized carbons (Fsp3) is 0.273. The van der Waals surface area contributed by atoms with Gasteiger partial charge in [-0.3, -0.25) is 9.78 Å². The molecule has 0 fully saturated rings. The molecule has 7 heteroatoms. The SMILES string of the molecule is CN(C)Cc1c(B(O)O)cccc1[C@@H](CN)C(=O)Cc1ccc2cnccc2c1. The maximum Gasteiger partial charge on any atom is 0.488 e. The number of benzene rings is 2. The van der Waals surface area contributed by atoms with Gasteiger partial charge < -0.3 is 20.7 Å². The van der Waals surface area contributed by atoms with Gasteiger partial charge in [0.2, 0.25) is 0 Å². The Kier molecular flexibility index (Phi) is 6.77. The third-order valence-electron chi connectivity index (χ3n) is 5.08. The zero-order chi connectivity index (χ0) is 21.0. The summed E-state index contributed by atoms with van der Waals surface area (Å²) >= 11 is 0. The number of nitrogens with two attached hydrogens (primary N) is 1. The first-order chi connectivity index (χ1) is 13.9. The Bertz CT molecular complexity index is 1010. The predicted octanol–water partition coefficient (Wildman–Crippen LogP) is 0.830. The molecule has 1 atom stereocenters. The van der Waals surface area contributed by atoms with E-state index in [-0.39, 0.29) is 18.7 Å². The molecule has 4 N–H and O–H groups in total. The van der Waals surface area contributed by atoms with Gasteiger partial charge in [-0.25, -0.2) is 0 Å². The lowest BCUT2D eigenvalue weighted by Crippen LogP contribution is -2.37. The number of ketones is 1. The highest BCUT2D eigenvalue weighted by Crippen LogP contribution is 2.23. The minimum atomic E-state index is -1.60. The van der Waals surface area contributed by atoms with Crippen molar-refractivity contribution in [3.05, 3.63) is 71.5 Å². The lowest BCUT2D eigenvalue weighted by molar-refractivity contribution is -0.119. The van der Waals surface area contributed by atoms with Crippen LogP contribution in [0.25, 0.3) is 10.8 Å². The largest absolute Gasteiger partial charge is 0.488 e. The Morgan fingerprint density at radius 3 is 2.66 bits per heavy atom. The number of carbonyl (C=O) groups is 1. The number of Topliss-reactive ketones (excluding diaryl/α,β-unsaturated/α-hetero) is 1. The molecule has 0 radical (unpaired) electrons. The summed E-state index contributed by atoms with van der Waals surface area (Å²) in [7, 11) is 2.19. The van der Waals surface area contributed by atoms with Gasteiger partial charge in [0.05, 0.1) is 5.92 Å². The first kappa shape index (κ1) is 21.1. The number of hydrogen-bond acceptors (Lipinski definition) is 6. The van der Waals surface area contributed by atoms with Crippen molar-refractivity contribution in [2.45, 2.75) is 18.9 Å². The molecular weight excluding hydrogens is 365 g/mol. The Morgan fingerprint density at radius 2 is 1.97 bits per heavy atom. The first-order valence-corrected chi connectivity index (χ1v) is 9.58. The zero-order valence-corrected chi connectivity index (χ0v) is 16.7. The summed E-state index contributed by atoms with van der Waals surface area (Å²) in [6, 6.07) is 13.1. The van der Waals surface area contributed by atoms with Gasteiger partial charge in [-0.15, -0.1) is 0 Å². The van der Waals surface area contributed by atoms with Gasteiger partial charge in [-0.05, 0) is 47.7 Å². The summed E-state index contributed by atoms with van der Waals surface area (Å²) in [6.07, 6.45) is 3.78. The second kappa shape index (κ2) is 9.28. The van der Waals surface area contributed by atoms with Gasteiger partial charge >= 0.3 is 7.12 Å². The number of pyridine rings is 1. The van der Waals surface area contributed by atoms with Crippen LogP contribution < -0.4 is 11.2 Å². The number of rotatable bonds is 8. The van der Waals surface area contributed by atoms with Crippen molar-refractivity contribution in [1.29, 1.82) is 0 Å². The number of hydrogen-bond donors (Lipinski definition) is 3. The van der Waals surface area contributed by atoms with Crippen LogP contribution in [-0.2, 0) is 17.8 Å². The molecular formula is C22H26BN3O3. The molecule has 1 aromatic heterocycles. The predicted molar refractivity (Wildman–Crippen MR) is 116 cm³/mol. The van der Waals surface area contributed by atoms with Crippen molar-refractivity contribution in [3.63, 3.8) is 0 Å². The Balaban J connectivity index is 1.93. The molecule has 2 aromatic carbocycles. The van der Waals surface area contributed by atoms with Gasteiger partial charge in [0.25, 0.3) is 0 Å². The van der Waals surface area contributed by atoms with Crippen LogP contribution in [0.4, 0.5) is 0 Å². The lowest BCUT2D eigenvalue weighted by atomic mass is 9.73. The van der Waals surface area contributed by atoms with E-state index < -0.39 is 13.0 Å². The van der Waals surface area contributed by atoms with Crippen molar-refractivity contribution >= 4 is 29.1 Å². The van der Waals surface area contributed by atoms with Crippen LogP contribution in [-0.4, -0.2) is 53.5 Å². The number of carbonyl (C=O) groups excluding carboxylic acids is 1. The molecule has 150 valence electrons. The summed E-state index contributed by atoms with van der Waals surface area (Å²) in [5, 5.41) is 21.6. The summed E-state index contributed by atoms with van der Waals surface area (Å²) in [6.45, 7) is 0.637. The van der Waals surface area contributed by atoms with Crippen LogP contribution in [0.5, 0.6) is 0 Å². The van der Waals surface area contributed by atoms with Gasteiger partial charge in [-0.1, -0.05) is 36.4 Å². The van der Waals surface area contributed by atoms with Crippen LogP contribution in [0.2, 0.25) is 0 Å². The Labute approximate surface area is 171 Å². The Hall–Kier alpha value is -2.58. The fourth-order valence-corrected chi connectivity index (χ4v) is 3.69. The minimum absolute atomic E-state index is 0.00509. The van der Waals surface area contributed by atoms with Gasteiger partial charge in [-0.2, -0.15) is 0 Å². The first-order valence-electron chi connectivity index (χ1n) is 9.58. The molecule has 0 amide bonds. The lowest BCUT2D eigenvalue weighted by Gasteiger charge is -2.23. The highest BCUT2D eigenvalue weighted by atomic mass is 16.4. The van der Waals surface area contributed by atoms with E-state index in [0.29, 0.717) is 12.0 Å². The number of fused-ring (bicyclic) bond motifs is 1. The van der Waals surface area contributed by atoms with Crippen molar-refractivity contribution in [3.8, 4) is 0 Å². The van der Waals surface area contributed by atoms with Crippen LogP contribution >= 0.6 is 0 Å². The van der Waals surface area contributed by atoms with Gasteiger partial charge in [0.1, 0.15) is 5.78 Å². The molecule has 29 heavy (non-hydrogen) atoms. The highest BCUT2D eigenvalue weighted by Gasteiger charge is 2.26. The Morgan fingerprint density at radius 1 is 1.17 bits per heavy atom. The monoisotopic (exact) mass is 391 g/mol. The maximum absolute atomic E-state index is 13.2. The molecule has 0 saturated heterocycles. The standard InChI is InChI=1S/C22H26BN3O3/c1-26(2)14-20-18(4-3-5-21(20)23(28)29)19(12-24)22(27)11-15-6-7-17-13-25-9-8-16(17)10-15/h3-10,13,19,28-29H,11-12,14,24H2,1-2H3/t19-/m1/s1. The average molecular weight is 391 g/mol.